The van der Waals surface area contributed by atoms with E-state index in [1.165, 1.54) is 45.2 Å². The summed E-state index contributed by atoms with van der Waals surface area (Å²) in [6.07, 6.45) is 6.79. The molecule has 0 bridgehead atoms. The van der Waals surface area contributed by atoms with Crippen LogP contribution in [0, 0.1) is 0 Å². The molecule has 18 heavy (non-hydrogen) atoms. The van der Waals surface area contributed by atoms with Gasteiger partial charge >= 0.3 is 0 Å². The van der Waals surface area contributed by atoms with E-state index in [0.29, 0.717) is 0 Å². The van der Waals surface area contributed by atoms with Crippen LogP contribution in [0.4, 0.5) is 0 Å². The highest BCUT2D eigenvalue weighted by atomic mass is 79.9. The van der Waals surface area contributed by atoms with E-state index in [-0.39, 0.29) is 0 Å². The van der Waals surface area contributed by atoms with Gasteiger partial charge in [-0.25, -0.2) is 0 Å². The zero-order valence-corrected chi connectivity index (χ0v) is 12.5. The van der Waals surface area contributed by atoms with E-state index in [1.54, 1.807) is 11.1 Å². The third-order valence-electron chi connectivity index (χ3n) is 4.63. The highest BCUT2D eigenvalue weighted by Crippen LogP contribution is 2.33. The van der Waals surface area contributed by atoms with Crippen LogP contribution in [-0.4, -0.2) is 29.4 Å². The summed E-state index contributed by atoms with van der Waals surface area (Å²) in [6.45, 7) is 2.57. The van der Waals surface area contributed by atoms with Gasteiger partial charge in [0.05, 0.1) is 0 Å². The molecule has 2 unspecified atom stereocenters. The second-order valence-electron chi connectivity index (χ2n) is 5.73. The average Bonchev–Trinajstić information content (AvgIpc) is 2.86. The first-order valence-electron chi connectivity index (χ1n) is 7.26. The smallest absolute Gasteiger partial charge is 0.0193 e. The SMILES string of the molecule is BrCC1CCCN1CC1CCCc2ccccc21. The second-order valence-corrected chi connectivity index (χ2v) is 6.38. The third-order valence-corrected chi connectivity index (χ3v) is 5.37. The maximum Gasteiger partial charge on any atom is 0.0193 e. The van der Waals surface area contributed by atoms with Crippen molar-refractivity contribution in [3.8, 4) is 0 Å². The lowest BCUT2D eigenvalue weighted by atomic mass is 9.82. The van der Waals surface area contributed by atoms with Gasteiger partial charge in [-0.15, -0.1) is 0 Å². The van der Waals surface area contributed by atoms with Crippen LogP contribution in [0.3, 0.4) is 0 Å². The van der Waals surface area contributed by atoms with E-state index in [1.807, 2.05) is 0 Å². The highest BCUT2D eigenvalue weighted by molar-refractivity contribution is 9.09. The van der Waals surface area contributed by atoms with Gasteiger partial charge in [-0.1, -0.05) is 40.2 Å². The van der Waals surface area contributed by atoms with Crippen LogP contribution < -0.4 is 0 Å². The summed E-state index contributed by atoms with van der Waals surface area (Å²) in [7, 11) is 0. The van der Waals surface area contributed by atoms with Gasteiger partial charge in [0.1, 0.15) is 0 Å². The summed E-state index contributed by atoms with van der Waals surface area (Å²) in [5, 5.41) is 1.14. The molecular weight excluding hydrogens is 286 g/mol. The number of fused-ring (bicyclic) bond motifs is 1. The Labute approximate surface area is 119 Å². The van der Waals surface area contributed by atoms with E-state index in [4.69, 9.17) is 0 Å². The van der Waals surface area contributed by atoms with Gasteiger partial charge in [0.15, 0.2) is 0 Å². The average molecular weight is 308 g/mol. The van der Waals surface area contributed by atoms with Gasteiger partial charge in [0.2, 0.25) is 0 Å². The maximum atomic E-state index is 3.67. The number of halogens is 1. The summed E-state index contributed by atoms with van der Waals surface area (Å²) in [5.74, 6) is 0.773. The van der Waals surface area contributed by atoms with Gasteiger partial charge in [-0.05, 0) is 55.7 Å². The monoisotopic (exact) mass is 307 g/mol. The van der Waals surface area contributed by atoms with Crippen LogP contribution in [0.2, 0.25) is 0 Å². The largest absolute Gasteiger partial charge is 0.299 e. The molecule has 1 heterocycles. The summed E-state index contributed by atoms with van der Waals surface area (Å²) < 4.78 is 0. The number of benzene rings is 1. The first-order chi connectivity index (χ1) is 8.88. The number of hydrogen-bond acceptors (Lipinski definition) is 1. The maximum absolute atomic E-state index is 3.67. The molecule has 0 radical (unpaired) electrons. The van der Waals surface area contributed by atoms with Crippen molar-refractivity contribution in [2.75, 3.05) is 18.4 Å². The van der Waals surface area contributed by atoms with Crippen molar-refractivity contribution in [1.29, 1.82) is 0 Å². The number of rotatable bonds is 3. The van der Waals surface area contributed by atoms with Crippen LogP contribution in [-0.2, 0) is 6.42 Å². The molecule has 1 aromatic rings. The minimum absolute atomic E-state index is 0.773. The lowest BCUT2D eigenvalue weighted by Gasteiger charge is -2.31. The molecule has 0 spiro atoms. The Hall–Kier alpha value is -0.340. The third kappa shape index (κ3) is 2.50. The molecule has 1 fully saturated rings. The zero-order chi connectivity index (χ0) is 12.4. The van der Waals surface area contributed by atoms with Crippen molar-refractivity contribution in [3.63, 3.8) is 0 Å². The number of nitrogens with zero attached hydrogens (tertiary/aromatic N) is 1. The number of aryl methyl sites for hydroxylation is 1. The van der Waals surface area contributed by atoms with E-state index in [0.717, 1.165) is 17.3 Å². The zero-order valence-electron chi connectivity index (χ0n) is 10.9. The fourth-order valence-electron chi connectivity index (χ4n) is 3.64. The van der Waals surface area contributed by atoms with Crippen molar-refractivity contribution in [1.82, 2.24) is 4.90 Å². The molecule has 1 saturated heterocycles. The van der Waals surface area contributed by atoms with Crippen LogP contribution in [0.15, 0.2) is 24.3 Å². The predicted molar refractivity (Wildman–Crippen MR) is 80.5 cm³/mol. The Balaban J connectivity index is 1.74. The van der Waals surface area contributed by atoms with Gasteiger partial charge in [-0.3, -0.25) is 4.90 Å². The fraction of sp³-hybridized carbons (Fsp3) is 0.625. The second kappa shape index (κ2) is 5.75. The lowest BCUT2D eigenvalue weighted by molar-refractivity contribution is 0.246. The number of alkyl halides is 1. The van der Waals surface area contributed by atoms with Gasteiger partial charge in [-0.2, -0.15) is 0 Å². The number of likely N-dealkylation sites (tertiary alicyclic amines) is 1. The number of hydrogen-bond donors (Lipinski definition) is 0. The Morgan fingerprint density at radius 2 is 2.06 bits per heavy atom. The Morgan fingerprint density at radius 3 is 2.94 bits per heavy atom. The minimum atomic E-state index is 0.773. The van der Waals surface area contributed by atoms with Crippen LogP contribution in [0.1, 0.15) is 42.7 Å². The topological polar surface area (TPSA) is 3.24 Å². The molecule has 2 atom stereocenters. The summed E-state index contributed by atoms with van der Waals surface area (Å²) >= 11 is 3.67. The van der Waals surface area contributed by atoms with Gasteiger partial charge in [0.25, 0.3) is 0 Å². The standard InChI is InChI=1S/C16H22BrN/c17-11-15-8-4-10-18(15)12-14-7-3-6-13-5-1-2-9-16(13)14/h1-2,5,9,14-15H,3-4,6-8,10-12H2. The molecular formula is C16H22BrN. The molecule has 1 aliphatic heterocycles. The Kier molecular flexibility index (Phi) is 4.05. The quantitative estimate of drug-likeness (QED) is 0.764. The minimum Gasteiger partial charge on any atom is -0.299 e. The van der Waals surface area contributed by atoms with Gasteiger partial charge in [0, 0.05) is 17.9 Å². The van der Waals surface area contributed by atoms with Crippen molar-refractivity contribution in [2.45, 2.75) is 44.1 Å². The molecule has 1 aromatic carbocycles. The summed E-state index contributed by atoms with van der Waals surface area (Å²) in [6, 6.07) is 9.87. The summed E-state index contributed by atoms with van der Waals surface area (Å²) in [5.41, 5.74) is 3.23. The molecule has 1 aliphatic carbocycles. The van der Waals surface area contributed by atoms with Crippen LogP contribution >= 0.6 is 15.9 Å². The molecule has 2 aliphatic rings. The van der Waals surface area contributed by atoms with Crippen molar-refractivity contribution < 1.29 is 0 Å². The molecule has 0 amide bonds. The Bertz CT molecular complexity index is 404. The first-order valence-corrected chi connectivity index (χ1v) is 8.38. The van der Waals surface area contributed by atoms with E-state index in [9.17, 15) is 0 Å². The van der Waals surface area contributed by atoms with Crippen molar-refractivity contribution in [3.05, 3.63) is 35.4 Å². The fourth-order valence-corrected chi connectivity index (χ4v) is 4.37. The molecule has 3 rings (SSSR count). The molecule has 0 N–H and O–H groups in total. The highest BCUT2D eigenvalue weighted by Gasteiger charge is 2.28. The normalized spacial score (nSPS) is 28.3. The van der Waals surface area contributed by atoms with Crippen molar-refractivity contribution >= 4 is 15.9 Å². The summed E-state index contributed by atoms with van der Waals surface area (Å²) in [4.78, 5) is 2.71. The molecule has 1 nitrogen and oxygen atoms in total. The van der Waals surface area contributed by atoms with Crippen LogP contribution in [0.25, 0.3) is 0 Å². The predicted octanol–water partition coefficient (Wildman–Crippen LogP) is 3.97. The van der Waals surface area contributed by atoms with Crippen molar-refractivity contribution in [2.24, 2.45) is 0 Å². The van der Waals surface area contributed by atoms with E-state index < -0.39 is 0 Å². The van der Waals surface area contributed by atoms with E-state index in [2.05, 4.69) is 45.1 Å². The lowest BCUT2D eigenvalue weighted by Crippen LogP contribution is -2.35. The molecule has 2 heteroatoms. The van der Waals surface area contributed by atoms with Crippen LogP contribution in [0.5, 0.6) is 0 Å². The molecule has 98 valence electrons. The Morgan fingerprint density at radius 1 is 1.17 bits per heavy atom. The van der Waals surface area contributed by atoms with E-state index >= 15 is 0 Å². The molecule has 0 saturated carbocycles. The first kappa shape index (κ1) is 12.7. The molecule has 0 aromatic heterocycles. The van der Waals surface area contributed by atoms with Gasteiger partial charge < -0.3 is 0 Å².